The molecule has 0 heterocycles. The quantitative estimate of drug-likeness (QED) is 0.539. The first-order valence-electron chi connectivity index (χ1n) is 7.34. The van der Waals surface area contributed by atoms with Crippen LogP contribution < -0.4 is 16.0 Å². The zero-order chi connectivity index (χ0) is 17.5. The largest absolute Gasteiger partial charge is 0.466 e. The van der Waals surface area contributed by atoms with E-state index in [9.17, 15) is 14.4 Å². The second-order valence-electron chi connectivity index (χ2n) is 5.15. The van der Waals surface area contributed by atoms with Crippen molar-refractivity contribution in [1.82, 2.24) is 5.32 Å². The van der Waals surface area contributed by atoms with Crippen LogP contribution in [0.25, 0.3) is 0 Å². The van der Waals surface area contributed by atoms with Gasteiger partial charge in [0.25, 0.3) is 0 Å². The Morgan fingerprint density at radius 2 is 1.75 bits per heavy atom. The predicted molar refractivity (Wildman–Crippen MR) is 87.4 cm³/mol. The van der Waals surface area contributed by atoms with Crippen LogP contribution in [0.1, 0.15) is 12.8 Å². The van der Waals surface area contributed by atoms with Gasteiger partial charge >= 0.3 is 18.0 Å². The molecule has 1 saturated carbocycles. The van der Waals surface area contributed by atoms with Gasteiger partial charge in [0.1, 0.15) is 5.70 Å². The minimum Gasteiger partial charge on any atom is -0.466 e. The minimum atomic E-state index is -0.717. The molecule has 2 rings (SSSR count). The third-order valence-corrected chi connectivity index (χ3v) is 3.18. The van der Waals surface area contributed by atoms with Gasteiger partial charge in [0.05, 0.1) is 20.3 Å². The minimum absolute atomic E-state index is 0.0797. The van der Waals surface area contributed by atoms with E-state index in [2.05, 4.69) is 25.4 Å². The molecule has 1 aliphatic rings. The number of carbonyl (C=O) groups excluding carboxylic acids is 3. The normalized spacial score (nSPS) is 13.7. The van der Waals surface area contributed by atoms with E-state index in [4.69, 9.17) is 0 Å². The summed E-state index contributed by atoms with van der Waals surface area (Å²) >= 11 is 0. The van der Waals surface area contributed by atoms with Crippen molar-refractivity contribution < 1.29 is 23.9 Å². The molecule has 8 nitrogen and oxygen atoms in total. The second kappa shape index (κ2) is 8.00. The van der Waals surface area contributed by atoms with Crippen molar-refractivity contribution >= 4 is 29.3 Å². The number of rotatable bonds is 6. The Kier molecular flexibility index (Phi) is 5.78. The number of hydrogen-bond donors (Lipinski definition) is 3. The first kappa shape index (κ1) is 17.3. The van der Waals surface area contributed by atoms with E-state index in [-0.39, 0.29) is 17.8 Å². The van der Waals surface area contributed by atoms with Crippen LogP contribution in [0.4, 0.5) is 16.2 Å². The number of anilines is 2. The molecule has 1 aromatic rings. The molecule has 0 unspecified atom stereocenters. The molecular weight excluding hydrogens is 314 g/mol. The summed E-state index contributed by atoms with van der Waals surface area (Å²) in [6, 6.07) is 6.67. The monoisotopic (exact) mass is 333 g/mol. The van der Waals surface area contributed by atoms with Gasteiger partial charge in [-0.1, -0.05) is 6.07 Å². The van der Waals surface area contributed by atoms with Crippen molar-refractivity contribution in [1.29, 1.82) is 0 Å². The summed E-state index contributed by atoms with van der Waals surface area (Å²) in [5, 5.41) is 8.29. The highest BCUT2D eigenvalue weighted by atomic mass is 16.5. The Bertz CT molecular complexity index is 667. The molecule has 8 heteroatoms. The standard InChI is InChI=1S/C16H19N3O5/c1-23-14(20)9-13(15(21)24-2)17-11-4-3-5-12(8-11)19-16(22)18-10-6-7-10/h3-5,8-10,17H,6-7H2,1-2H3,(H2,18,19,22)/b13-9+. The summed E-state index contributed by atoms with van der Waals surface area (Å²) < 4.78 is 9.12. The zero-order valence-electron chi connectivity index (χ0n) is 13.4. The number of nitrogens with one attached hydrogen (secondary N) is 3. The molecule has 1 fully saturated rings. The lowest BCUT2D eigenvalue weighted by Crippen LogP contribution is -2.30. The van der Waals surface area contributed by atoms with Crippen LogP contribution in [0.3, 0.4) is 0 Å². The summed E-state index contributed by atoms with van der Waals surface area (Å²) in [6.45, 7) is 0. The maximum absolute atomic E-state index is 11.7. The molecule has 2 amide bonds. The van der Waals surface area contributed by atoms with Crippen LogP contribution in [0.5, 0.6) is 0 Å². The molecule has 128 valence electrons. The fourth-order valence-electron chi connectivity index (χ4n) is 1.84. The molecule has 1 aromatic carbocycles. The Balaban J connectivity index is 2.07. The van der Waals surface area contributed by atoms with Crippen LogP contribution >= 0.6 is 0 Å². The second-order valence-corrected chi connectivity index (χ2v) is 5.15. The van der Waals surface area contributed by atoms with Gasteiger partial charge < -0.3 is 25.4 Å². The lowest BCUT2D eigenvalue weighted by Gasteiger charge is -2.11. The Morgan fingerprint density at radius 1 is 1.08 bits per heavy atom. The molecule has 1 aliphatic carbocycles. The number of carbonyl (C=O) groups is 3. The number of urea groups is 1. The first-order valence-corrected chi connectivity index (χ1v) is 7.34. The lowest BCUT2D eigenvalue weighted by molar-refractivity contribution is -0.138. The fourth-order valence-corrected chi connectivity index (χ4v) is 1.84. The summed E-state index contributed by atoms with van der Waals surface area (Å²) in [5.41, 5.74) is 0.962. The average Bonchev–Trinajstić information content (AvgIpc) is 3.37. The van der Waals surface area contributed by atoms with Gasteiger partial charge in [-0.3, -0.25) is 0 Å². The van der Waals surface area contributed by atoms with E-state index < -0.39 is 11.9 Å². The van der Waals surface area contributed by atoms with E-state index in [0.717, 1.165) is 18.9 Å². The summed E-state index contributed by atoms with van der Waals surface area (Å²) in [4.78, 5) is 34.8. The molecule has 24 heavy (non-hydrogen) atoms. The van der Waals surface area contributed by atoms with E-state index in [1.54, 1.807) is 24.3 Å². The third-order valence-electron chi connectivity index (χ3n) is 3.18. The van der Waals surface area contributed by atoms with E-state index >= 15 is 0 Å². The Labute approximate surface area is 139 Å². The first-order chi connectivity index (χ1) is 11.5. The van der Waals surface area contributed by atoms with Crippen LogP contribution in [0, 0.1) is 0 Å². The number of amides is 2. The third kappa shape index (κ3) is 5.31. The highest BCUT2D eigenvalue weighted by Gasteiger charge is 2.23. The number of hydrogen-bond acceptors (Lipinski definition) is 6. The van der Waals surface area contributed by atoms with Gasteiger partial charge in [-0.2, -0.15) is 0 Å². The molecule has 0 aromatic heterocycles. The number of methoxy groups -OCH3 is 2. The highest BCUT2D eigenvalue weighted by Crippen LogP contribution is 2.20. The van der Waals surface area contributed by atoms with Crippen LogP contribution in [0.15, 0.2) is 36.0 Å². The van der Waals surface area contributed by atoms with E-state index in [0.29, 0.717) is 11.4 Å². The predicted octanol–water partition coefficient (Wildman–Crippen LogP) is 1.61. The molecule has 0 saturated heterocycles. The van der Waals surface area contributed by atoms with Gasteiger partial charge in [-0.05, 0) is 31.0 Å². The molecule has 3 N–H and O–H groups in total. The zero-order valence-corrected chi connectivity index (χ0v) is 13.4. The van der Waals surface area contributed by atoms with Gasteiger partial charge in [0, 0.05) is 17.4 Å². The summed E-state index contributed by atoms with van der Waals surface area (Å²) in [6.07, 6.45) is 2.98. The van der Waals surface area contributed by atoms with Crippen LogP contribution in [0.2, 0.25) is 0 Å². The van der Waals surface area contributed by atoms with E-state index in [1.165, 1.54) is 14.2 Å². The topological polar surface area (TPSA) is 106 Å². The smallest absolute Gasteiger partial charge is 0.354 e. The average molecular weight is 333 g/mol. The van der Waals surface area contributed by atoms with Crippen molar-refractivity contribution in [2.24, 2.45) is 0 Å². The van der Waals surface area contributed by atoms with Gasteiger partial charge in [-0.25, -0.2) is 14.4 Å². The summed E-state index contributed by atoms with van der Waals surface area (Å²) in [7, 11) is 2.41. The Morgan fingerprint density at radius 3 is 2.33 bits per heavy atom. The molecule has 0 bridgehead atoms. The maximum atomic E-state index is 11.7. The summed E-state index contributed by atoms with van der Waals surface area (Å²) in [5.74, 6) is -1.41. The molecule has 0 spiro atoms. The van der Waals surface area contributed by atoms with Crippen molar-refractivity contribution in [2.75, 3.05) is 24.9 Å². The van der Waals surface area contributed by atoms with Gasteiger partial charge in [0.15, 0.2) is 0 Å². The van der Waals surface area contributed by atoms with Gasteiger partial charge in [0.2, 0.25) is 0 Å². The lowest BCUT2D eigenvalue weighted by atomic mass is 10.2. The molecule has 0 radical (unpaired) electrons. The van der Waals surface area contributed by atoms with Crippen molar-refractivity contribution in [3.05, 3.63) is 36.0 Å². The van der Waals surface area contributed by atoms with Crippen molar-refractivity contribution in [3.63, 3.8) is 0 Å². The molecular formula is C16H19N3O5. The van der Waals surface area contributed by atoms with E-state index in [1.807, 2.05) is 0 Å². The number of esters is 2. The highest BCUT2D eigenvalue weighted by molar-refractivity contribution is 5.99. The van der Waals surface area contributed by atoms with Crippen LogP contribution in [-0.4, -0.2) is 38.2 Å². The Hall–Kier alpha value is -3.03. The van der Waals surface area contributed by atoms with Crippen molar-refractivity contribution in [2.45, 2.75) is 18.9 Å². The van der Waals surface area contributed by atoms with Gasteiger partial charge in [-0.15, -0.1) is 0 Å². The number of ether oxygens (including phenoxy) is 2. The number of benzene rings is 1. The SMILES string of the molecule is COC(=O)/C=C(/Nc1cccc(NC(=O)NC2CC2)c1)C(=O)OC. The van der Waals surface area contributed by atoms with Crippen LogP contribution in [-0.2, 0) is 19.1 Å². The van der Waals surface area contributed by atoms with Crippen molar-refractivity contribution in [3.8, 4) is 0 Å². The fraction of sp³-hybridized carbons (Fsp3) is 0.312. The maximum Gasteiger partial charge on any atom is 0.354 e. The molecule has 0 atom stereocenters. The molecule has 0 aliphatic heterocycles.